The van der Waals surface area contributed by atoms with E-state index in [4.69, 9.17) is 14.2 Å². The largest absolute Gasteiger partial charge is 0.497 e. The molecule has 1 fully saturated rings. The first-order valence-corrected chi connectivity index (χ1v) is 13.5. The molecular weight excluding hydrogens is 478 g/mol. The number of fused-ring (bicyclic) bond motifs is 1. The molecule has 0 saturated carbocycles. The normalized spacial score (nSPS) is 14.8. The van der Waals surface area contributed by atoms with E-state index in [-0.39, 0.29) is 17.4 Å². The van der Waals surface area contributed by atoms with Crippen molar-refractivity contribution in [2.24, 2.45) is 0 Å². The zero-order chi connectivity index (χ0) is 24.1. The average molecular weight is 506 g/mol. The molecule has 0 aliphatic carbocycles. The molecule has 4 rings (SSSR count). The van der Waals surface area contributed by atoms with Gasteiger partial charge in [0.25, 0.3) is 5.91 Å². The topological polar surface area (TPSA) is 98.3 Å². The number of ether oxygens (including phenoxy) is 3. The van der Waals surface area contributed by atoms with Crippen LogP contribution in [0.2, 0.25) is 0 Å². The lowest BCUT2D eigenvalue weighted by molar-refractivity contribution is -0.120. The number of carbonyl (C=O) groups is 1. The van der Waals surface area contributed by atoms with Gasteiger partial charge in [-0.3, -0.25) is 14.6 Å². The highest BCUT2D eigenvalue weighted by Gasteiger charge is 2.24. The molecule has 0 N–H and O–H groups in total. The molecule has 2 heterocycles. The molecule has 1 saturated heterocycles. The molecule has 0 spiro atoms. The van der Waals surface area contributed by atoms with Crippen molar-refractivity contribution in [1.29, 1.82) is 0 Å². The van der Waals surface area contributed by atoms with E-state index in [0.29, 0.717) is 53.2 Å². The summed E-state index contributed by atoms with van der Waals surface area (Å²) >= 11 is 1.29. The van der Waals surface area contributed by atoms with Gasteiger partial charge in [-0.2, -0.15) is 0 Å². The summed E-state index contributed by atoms with van der Waals surface area (Å²) in [6.07, 6.45) is 1.16. The van der Waals surface area contributed by atoms with Gasteiger partial charge in [-0.1, -0.05) is 17.4 Å². The van der Waals surface area contributed by atoms with E-state index in [2.05, 4.69) is 9.88 Å². The Bertz CT molecular complexity index is 1240. The second-order valence-electron chi connectivity index (χ2n) is 7.84. The Labute approximate surface area is 202 Å². The third-order valence-corrected chi connectivity index (χ3v) is 7.64. The number of morpholine rings is 1. The number of sulfone groups is 1. The van der Waals surface area contributed by atoms with Crippen LogP contribution in [0.15, 0.2) is 47.4 Å². The van der Waals surface area contributed by atoms with Crippen LogP contribution in [0.3, 0.4) is 0 Å². The lowest BCUT2D eigenvalue weighted by Gasteiger charge is -2.29. The van der Waals surface area contributed by atoms with Crippen molar-refractivity contribution in [1.82, 2.24) is 9.88 Å². The van der Waals surface area contributed by atoms with Gasteiger partial charge in [0.15, 0.2) is 21.6 Å². The molecular formula is C23H27N3O6S2. The molecule has 1 amide bonds. The zero-order valence-corrected chi connectivity index (χ0v) is 20.7. The van der Waals surface area contributed by atoms with Crippen LogP contribution in [0.5, 0.6) is 11.5 Å². The van der Waals surface area contributed by atoms with E-state index < -0.39 is 9.84 Å². The van der Waals surface area contributed by atoms with Crippen molar-refractivity contribution in [3.05, 3.63) is 42.5 Å². The number of hydrogen-bond acceptors (Lipinski definition) is 9. The molecule has 11 heteroatoms. The predicted octanol–water partition coefficient (Wildman–Crippen LogP) is 2.45. The van der Waals surface area contributed by atoms with E-state index in [1.807, 2.05) is 6.07 Å². The highest BCUT2D eigenvalue weighted by Crippen LogP contribution is 2.32. The fourth-order valence-corrected chi connectivity index (χ4v) is 5.55. The molecule has 0 unspecified atom stereocenters. The van der Waals surface area contributed by atoms with Crippen LogP contribution in [-0.2, 0) is 19.4 Å². The fraction of sp³-hybridized carbons (Fsp3) is 0.391. The monoisotopic (exact) mass is 505 g/mol. The molecule has 9 nitrogen and oxygen atoms in total. The van der Waals surface area contributed by atoms with Crippen molar-refractivity contribution in [3.63, 3.8) is 0 Å². The van der Waals surface area contributed by atoms with Crippen molar-refractivity contribution >= 4 is 42.4 Å². The summed E-state index contributed by atoms with van der Waals surface area (Å²) in [6.45, 7) is 3.78. The molecule has 2 aromatic carbocycles. The Morgan fingerprint density at radius 2 is 1.85 bits per heavy atom. The van der Waals surface area contributed by atoms with Crippen LogP contribution in [0.4, 0.5) is 5.13 Å². The number of anilines is 1. The standard InChI is InChI=1S/C23H27N3O6S2/c1-30-17-6-8-18(9-7-17)32-16-21(27)26(11-10-25-12-14-31-15-13-25)23-24-22-19(33-23)4-3-5-20(22)34(2,28)29/h3-9H,10-16H2,1-2H3. The first-order valence-electron chi connectivity index (χ1n) is 10.8. The number of rotatable bonds is 9. The van der Waals surface area contributed by atoms with E-state index in [1.165, 1.54) is 17.4 Å². The van der Waals surface area contributed by atoms with Crippen LogP contribution in [0, 0.1) is 0 Å². The molecule has 1 aromatic heterocycles. The summed E-state index contributed by atoms with van der Waals surface area (Å²) < 4.78 is 41.4. The number of thiazole rings is 1. The van der Waals surface area contributed by atoms with E-state index in [0.717, 1.165) is 19.3 Å². The number of para-hydroxylation sites is 1. The number of methoxy groups -OCH3 is 1. The first-order chi connectivity index (χ1) is 16.3. The zero-order valence-electron chi connectivity index (χ0n) is 19.1. The Morgan fingerprint density at radius 1 is 1.15 bits per heavy atom. The molecule has 34 heavy (non-hydrogen) atoms. The SMILES string of the molecule is COc1ccc(OCC(=O)N(CCN2CCOCC2)c2nc3c(S(C)(=O)=O)cccc3s2)cc1. The van der Waals surface area contributed by atoms with Gasteiger partial charge in [0.2, 0.25) is 0 Å². The summed E-state index contributed by atoms with van der Waals surface area (Å²) in [5.74, 6) is 0.983. The van der Waals surface area contributed by atoms with Gasteiger partial charge in [0.05, 0.1) is 29.9 Å². The van der Waals surface area contributed by atoms with Crippen LogP contribution < -0.4 is 14.4 Å². The third kappa shape index (κ3) is 5.84. The van der Waals surface area contributed by atoms with Crippen LogP contribution >= 0.6 is 11.3 Å². The minimum atomic E-state index is -3.46. The fourth-order valence-electron chi connectivity index (χ4n) is 3.61. The summed E-state index contributed by atoms with van der Waals surface area (Å²) in [5.41, 5.74) is 0.380. The molecule has 0 bridgehead atoms. The van der Waals surface area contributed by atoms with Gasteiger partial charge in [-0.25, -0.2) is 13.4 Å². The van der Waals surface area contributed by atoms with Gasteiger partial charge in [-0.15, -0.1) is 0 Å². The molecule has 0 atom stereocenters. The van der Waals surface area contributed by atoms with Crippen molar-refractivity contribution in [3.8, 4) is 11.5 Å². The Morgan fingerprint density at radius 3 is 2.53 bits per heavy atom. The summed E-state index contributed by atoms with van der Waals surface area (Å²) in [5, 5.41) is 0.447. The number of hydrogen-bond donors (Lipinski definition) is 0. The van der Waals surface area contributed by atoms with E-state index >= 15 is 0 Å². The van der Waals surface area contributed by atoms with Crippen LogP contribution in [-0.4, -0.2) is 83.6 Å². The molecule has 1 aliphatic heterocycles. The molecule has 1 aliphatic rings. The number of amides is 1. The quantitative estimate of drug-likeness (QED) is 0.437. The van der Waals surface area contributed by atoms with Crippen LogP contribution in [0.25, 0.3) is 10.2 Å². The minimum absolute atomic E-state index is 0.155. The second-order valence-corrected chi connectivity index (χ2v) is 10.8. The Balaban J connectivity index is 1.57. The van der Waals surface area contributed by atoms with Crippen molar-refractivity contribution < 1.29 is 27.4 Å². The number of aromatic nitrogens is 1. The van der Waals surface area contributed by atoms with E-state index in [9.17, 15) is 13.2 Å². The average Bonchev–Trinajstić information content (AvgIpc) is 3.27. The maximum Gasteiger partial charge on any atom is 0.266 e. The highest BCUT2D eigenvalue weighted by atomic mass is 32.2. The highest BCUT2D eigenvalue weighted by molar-refractivity contribution is 7.91. The van der Waals surface area contributed by atoms with Gasteiger partial charge >= 0.3 is 0 Å². The van der Waals surface area contributed by atoms with Crippen molar-refractivity contribution in [2.45, 2.75) is 4.90 Å². The summed E-state index contributed by atoms with van der Waals surface area (Å²) in [6, 6.07) is 12.0. The number of nitrogens with zero attached hydrogens (tertiary/aromatic N) is 3. The van der Waals surface area contributed by atoms with Gasteiger partial charge in [0.1, 0.15) is 17.0 Å². The van der Waals surface area contributed by atoms with E-state index in [1.54, 1.807) is 42.3 Å². The summed E-state index contributed by atoms with van der Waals surface area (Å²) in [4.78, 5) is 21.8. The Hall–Kier alpha value is -2.73. The lowest BCUT2D eigenvalue weighted by Crippen LogP contribution is -2.44. The number of carbonyl (C=O) groups excluding carboxylic acids is 1. The Kier molecular flexibility index (Phi) is 7.67. The lowest BCUT2D eigenvalue weighted by atomic mass is 10.3. The van der Waals surface area contributed by atoms with Gasteiger partial charge < -0.3 is 14.2 Å². The third-order valence-electron chi connectivity index (χ3n) is 5.47. The maximum absolute atomic E-state index is 13.3. The predicted molar refractivity (Wildman–Crippen MR) is 131 cm³/mol. The smallest absolute Gasteiger partial charge is 0.266 e. The molecule has 0 radical (unpaired) electrons. The van der Waals surface area contributed by atoms with Crippen LogP contribution in [0.1, 0.15) is 0 Å². The first kappa shape index (κ1) is 24.4. The molecule has 182 valence electrons. The second kappa shape index (κ2) is 10.7. The van der Waals surface area contributed by atoms with Gasteiger partial charge in [-0.05, 0) is 36.4 Å². The maximum atomic E-state index is 13.3. The van der Waals surface area contributed by atoms with Crippen molar-refractivity contribution in [2.75, 3.05) is 64.3 Å². The summed E-state index contributed by atoms with van der Waals surface area (Å²) in [7, 11) is -1.88. The minimum Gasteiger partial charge on any atom is -0.497 e. The van der Waals surface area contributed by atoms with Gasteiger partial charge in [0, 0.05) is 32.4 Å². The molecule has 3 aromatic rings. The number of benzene rings is 2.